The van der Waals surface area contributed by atoms with Crippen molar-refractivity contribution in [3.63, 3.8) is 0 Å². The summed E-state index contributed by atoms with van der Waals surface area (Å²) in [6, 6.07) is 30.6. The van der Waals surface area contributed by atoms with Crippen LogP contribution in [0, 0.1) is 10.8 Å². The Labute approximate surface area is 276 Å². The Balaban J connectivity index is 1.31. The molecule has 0 radical (unpaired) electrons. The number of ether oxygens (including phenoxy) is 1. The first-order valence-electron chi connectivity index (χ1n) is 16.2. The van der Waals surface area contributed by atoms with E-state index in [9.17, 15) is 9.59 Å². The van der Waals surface area contributed by atoms with E-state index >= 15 is 0 Å². The predicted octanol–water partition coefficient (Wildman–Crippen LogP) is 9.96. The van der Waals surface area contributed by atoms with Gasteiger partial charge in [0, 0.05) is 47.8 Å². The van der Waals surface area contributed by atoms with Crippen LogP contribution >= 0.6 is 11.6 Å². The molecule has 1 heterocycles. The van der Waals surface area contributed by atoms with Gasteiger partial charge in [-0.05, 0) is 63.3 Å². The van der Waals surface area contributed by atoms with E-state index < -0.39 is 5.92 Å². The number of halogens is 1. The van der Waals surface area contributed by atoms with Gasteiger partial charge in [0.05, 0.1) is 5.02 Å². The number of carbonyl (C=O) groups excluding carboxylic acids is 2. The molecule has 0 saturated carbocycles. The van der Waals surface area contributed by atoms with Crippen molar-refractivity contribution in [2.75, 3.05) is 0 Å². The number of rotatable bonds is 6. The summed E-state index contributed by atoms with van der Waals surface area (Å²) in [5, 5.41) is 2.79. The second kappa shape index (κ2) is 11.6. The standard InChI is InChI=1S/C41H40ClNO3/c1-40(2)20-32-38(34(44)22-40)37(39-33(21-41(3,4)23-35(39)45)43(32)24-26-11-6-5-7-12-26)28-17-18-36(31(42)19-28)46-25-29-15-10-14-27-13-8-9-16-30(27)29/h5-19,37H,20-25H2,1-4H3. The predicted molar refractivity (Wildman–Crippen MR) is 185 cm³/mol. The van der Waals surface area contributed by atoms with Crippen LogP contribution in [0.25, 0.3) is 10.8 Å². The largest absolute Gasteiger partial charge is 0.487 e. The van der Waals surface area contributed by atoms with Crippen molar-refractivity contribution >= 4 is 33.9 Å². The number of hydrogen-bond acceptors (Lipinski definition) is 4. The van der Waals surface area contributed by atoms with Crippen LogP contribution in [-0.4, -0.2) is 16.5 Å². The van der Waals surface area contributed by atoms with Gasteiger partial charge in [-0.25, -0.2) is 0 Å². The highest BCUT2D eigenvalue weighted by Crippen LogP contribution is 2.55. The molecule has 46 heavy (non-hydrogen) atoms. The van der Waals surface area contributed by atoms with E-state index in [2.05, 4.69) is 69.0 Å². The smallest absolute Gasteiger partial charge is 0.162 e. The van der Waals surface area contributed by atoms with Crippen molar-refractivity contribution in [1.82, 2.24) is 4.90 Å². The minimum Gasteiger partial charge on any atom is -0.487 e. The molecule has 4 aromatic carbocycles. The second-order valence-electron chi connectivity index (χ2n) is 14.7. The molecule has 0 aromatic heterocycles. The van der Waals surface area contributed by atoms with Crippen LogP contribution in [0.3, 0.4) is 0 Å². The summed E-state index contributed by atoms with van der Waals surface area (Å²) in [6.45, 7) is 9.68. The van der Waals surface area contributed by atoms with E-state index in [4.69, 9.17) is 16.3 Å². The Morgan fingerprint density at radius 1 is 0.739 bits per heavy atom. The summed E-state index contributed by atoms with van der Waals surface area (Å²) in [7, 11) is 0. The third-order valence-corrected chi connectivity index (χ3v) is 10.1. The highest BCUT2D eigenvalue weighted by molar-refractivity contribution is 6.32. The summed E-state index contributed by atoms with van der Waals surface area (Å²) in [6.07, 6.45) is 2.43. The monoisotopic (exact) mass is 629 g/mol. The molecule has 1 aliphatic heterocycles. The van der Waals surface area contributed by atoms with E-state index in [1.165, 1.54) is 0 Å². The molecule has 0 fully saturated rings. The first kappa shape index (κ1) is 30.5. The Morgan fingerprint density at radius 3 is 2.00 bits per heavy atom. The summed E-state index contributed by atoms with van der Waals surface area (Å²) in [5.74, 6) is 0.362. The molecule has 4 nitrogen and oxygen atoms in total. The van der Waals surface area contributed by atoms with Crippen LogP contribution in [0.2, 0.25) is 5.02 Å². The van der Waals surface area contributed by atoms with Crippen LogP contribution in [0.1, 0.15) is 76.0 Å². The molecule has 0 spiro atoms. The summed E-state index contributed by atoms with van der Waals surface area (Å²) < 4.78 is 6.27. The zero-order valence-corrected chi connectivity index (χ0v) is 27.8. The normalized spacial score (nSPS) is 19.4. The van der Waals surface area contributed by atoms with E-state index in [0.29, 0.717) is 36.8 Å². The summed E-state index contributed by atoms with van der Waals surface area (Å²) in [5.41, 5.74) is 6.34. The van der Waals surface area contributed by atoms with Gasteiger partial charge < -0.3 is 9.64 Å². The highest BCUT2D eigenvalue weighted by Gasteiger charge is 2.49. The second-order valence-corrected chi connectivity index (χ2v) is 15.1. The Kier molecular flexibility index (Phi) is 7.68. The Morgan fingerprint density at radius 2 is 1.35 bits per heavy atom. The van der Waals surface area contributed by atoms with Crippen LogP contribution < -0.4 is 4.74 Å². The fourth-order valence-electron chi connectivity index (χ4n) is 7.73. The molecule has 0 N–H and O–H groups in total. The zero-order chi connectivity index (χ0) is 32.2. The van der Waals surface area contributed by atoms with Gasteiger partial charge in [0.2, 0.25) is 0 Å². The number of Topliss-reactive ketones (excluding diaryl/α,β-unsaturated/α-hetero) is 2. The summed E-state index contributed by atoms with van der Waals surface area (Å²) >= 11 is 6.95. The van der Waals surface area contributed by atoms with E-state index in [1.54, 1.807) is 0 Å². The molecule has 5 heteroatoms. The summed E-state index contributed by atoms with van der Waals surface area (Å²) in [4.78, 5) is 30.7. The van der Waals surface area contributed by atoms with Gasteiger partial charge in [0.15, 0.2) is 11.6 Å². The van der Waals surface area contributed by atoms with Crippen LogP contribution in [0.15, 0.2) is 114 Å². The Bertz CT molecular complexity index is 1870. The van der Waals surface area contributed by atoms with Crippen molar-refractivity contribution in [3.8, 4) is 5.75 Å². The van der Waals surface area contributed by atoms with Crippen LogP contribution in [0.4, 0.5) is 0 Å². The van der Waals surface area contributed by atoms with Crippen molar-refractivity contribution in [2.45, 2.75) is 72.4 Å². The van der Waals surface area contributed by atoms with Gasteiger partial charge in [0.1, 0.15) is 12.4 Å². The maximum absolute atomic E-state index is 14.2. The molecule has 0 amide bonds. The SMILES string of the molecule is CC1(C)CC(=O)C2=C(C1)N(Cc1ccccc1)C1=C(C(=O)CC(C)(C)C1)C2c1ccc(OCc2cccc3ccccc23)c(Cl)c1. The fourth-order valence-corrected chi connectivity index (χ4v) is 7.97. The molecule has 2 aliphatic carbocycles. The number of fused-ring (bicyclic) bond motifs is 1. The lowest BCUT2D eigenvalue weighted by Crippen LogP contribution is -2.44. The van der Waals surface area contributed by atoms with Crippen molar-refractivity contribution < 1.29 is 14.3 Å². The van der Waals surface area contributed by atoms with Crippen molar-refractivity contribution in [3.05, 3.63) is 135 Å². The van der Waals surface area contributed by atoms with Gasteiger partial charge in [0.25, 0.3) is 0 Å². The molecule has 234 valence electrons. The molecular weight excluding hydrogens is 590 g/mol. The third-order valence-electron chi connectivity index (χ3n) is 9.76. The lowest BCUT2D eigenvalue weighted by Gasteiger charge is -2.49. The number of nitrogens with zero attached hydrogens (tertiary/aromatic N) is 1. The zero-order valence-electron chi connectivity index (χ0n) is 27.0. The van der Waals surface area contributed by atoms with E-state index in [-0.39, 0.29) is 22.4 Å². The Hall–Kier alpha value is -4.15. The van der Waals surface area contributed by atoms with Gasteiger partial charge in [-0.15, -0.1) is 0 Å². The molecule has 0 atom stereocenters. The number of hydrogen-bond donors (Lipinski definition) is 0. The maximum atomic E-state index is 14.2. The first-order valence-corrected chi connectivity index (χ1v) is 16.6. The lowest BCUT2D eigenvalue weighted by atomic mass is 9.63. The highest BCUT2D eigenvalue weighted by atomic mass is 35.5. The lowest BCUT2D eigenvalue weighted by molar-refractivity contribution is -0.119. The molecule has 4 aromatic rings. The van der Waals surface area contributed by atoms with Crippen LogP contribution in [-0.2, 0) is 22.7 Å². The number of carbonyl (C=O) groups is 2. The number of ketones is 2. The maximum Gasteiger partial charge on any atom is 0.162 e. The topological polar surface area (TPSA) is 46.6 Å². The average molecular weight is 630 g/mol. The van der Waals surface area contributed by atoms with E-state index in [0.717, 1.165) is 62.8 Å². The molecular formula is C41H40ClNO3. The molecule has 3 aliphatic rings. The number of benzene rings is 4. The molecule has 0 unspecified atom stereocenters. The molecule has 7 rings (SSSR count). The van der Waals surface area contributed by atoms with Gasteiger partial charge >= 0.3 is 0 Å². The van der Waals surface area contributed by atoms with Gasteiger partial charge in [-0.2, -0.15) is 0 Å². The van der Waals surface area contributed by atoms with Gasteiger partial charge in [-0.3, -0.25) is 9.59 Å². The minimum atomic E-state index is -0.450. The van der Waals surface area contributed by atoms with Crippen LogP contribution in [0.5, 0.6) is 5.75 Å². The molecule has 0 bridgehead atoms. The first-order chi connectivity index (χ1) is 22.0. The quantitative estimate of drug-likeness (QED) is 0.213. The fraction of sp³-hybridized carbons (Fsp3) is 0.317. The number of allylic oxidation sites excluding steroid dienone is 4. The van der Waals surface area contributed by atoms with E-state index in [1.807, 2.05) is 54.6 Å². The minimum absolute atomic E-state index is 0.117. The van der Waals surface area contributed by atoms with Gasteiger partial charge in [-0.1, -0.05) is 118 Å². The van der Waals surface area contributed by atoms with Crippen molar-refractivity contribution in [1.29, 1.82) is 0 Å². The average Bonchev–Trinajstić information content (AvgIpc) is 3.00. The third kappa shape index (κ3) is 5.69. The molecule has 0 saturated heterocycles. The van der Waals surface area contributed by atoms with Crippen molar-refractivity contribution in [2.24, 2.45) is 10.8 Å².